The number of benzene rings is 1. The Hall–Kier alpha value is -1.46. The SMILES string of the molecule is O=C(c1cc(Br)ccc1F)c1cccn1C1CCNCC1. The average molecular weight is 351 g/mol. The van der Waals surface area contributed by atoms with Gasteiger partial charge in [-0.05, 0) is 56.3 Å². The maximum atomic E-state index is 13.9. The molecule has 0 spiro atoms. The number of halogens is 2. The van der Waals surface area contributed by atoms with Crippen LogP contribution in [-0.4, -0.2) is 23.4 Å². The van der Waals surface area contributed by atoms with Crippen molar-refractivity contribution in [2.24, 2.45) is 0 Å². The highest BCUT2D eigenvalue weighted by Crippen LogP contribution is 2.24. The molecule has 0 aliphatic carbocycles. The van der Waals surface area contributed by atoms with E-state index in [1.807, 2.05) is 16.8 Å². The van der Waals surface area contributed by atoms with Crippen molar-refractivity contribution >= 4 is 21.7 Å². The highest BCUT2D eigenvalue weighted by Gasteiger charge is 2.22. The number of hydrogen-bond donors (Lipinski definition) is 1. The zero-order valence-corrected chi connectivity index (χ0v) is 13.1. The normalized spacial score (nSPS) is 16.1. The highest BCUT2D eigenvalue weighted by molar-refractivity contribution is 9.10. The van der Waals surface area contributed by atoms with Gasteiger partial charge >= 0.3 is 0 Å². The molecule has 0 bridgehead atoms. The van der Waals surface area contributed by atoms with Gasteiger partial charge in [0.05, 0.1) is 11.3 Å². The molecule has 110 valence electrons. The molecule has 0 saturated carbocycles. The molecule has 0 amide bonds. The summed E-state index contributed by atoms with van der Waals surface area (Å²) in [6, 6.07) is 8.37. The second kappa shape index (κ2) is 6.12. The Morgan fingerprint density at radius 3 is 2.81 bits per heavy atom. The number of carbonyl (C=O) groups excluding carboxylic acids is 1. The first-order valence-corrected chi connectivity index (χ1v) is 7.83. The van der Waals surface area contributed by atoms with E-state index < -0.39 is 5.82 Å². The Bertz CT molecular complexity index is 662. The predicted molar refractivity (Wildman–Crippen MR) is 83.1 cm³/mol. The van der Waals surface area contributed by atoms with Gasteiger partial charge in [-0.2, -0.15) is 0 Å². The predicted octanol–water partition coefficient (Wildman–Crippen LogP) is 3.55. The molecule has 0 radical (unpaired) electrons. The number of rotatable bonds is 3. The van der Waals surface area contributed by atoms with Gasteiger partial charge in [0.25, 0.3) is 0 Å². The topological polar surface area (TPSA) is 34.0 Å². The maximum absolute atomic E-state index is 13.9. The first-order valence-electron chi connectivity index (χ1n) is 7.04. The van der Waals surface area contributed by atoms with E-state index in [9.17, 15) is 9.18 Å². The summed E-state index contributed by atoms with van der Waals surface area (Å²) < 4.78 is 16.6. The van der Waals surface area contributed by atoms with Gasteiger partial charge in [-0.25, -0.2) is 4.39 Å². The smallest absolute Gasteiger partial charge is 0.212 e. The molecule has 0 atom stereocenters. The molecule has 3 rings (SSSR count). The third kappa shape index (κ3) is 2.94. The van der Waals surface area contributed by atoms with Crippen molar-refractivity contribution in [2.45, 2.75) is 18.9 Å². The summed E-state index contributed by atoms with van der Waals surface area (Å²) in [5.74, 6) is -0.751. The van der Waals surface area contributed by atoms with E-state index in [0.717, 1.165) is 25.9 Å². The maximum Gasteiger partial charge on any atom is 0.212 e. The highest BCUT2D eigenvalue weighted by atomic mass is 79.9. The number of nitrogens with one attached hydrogen (secondary N) is 1. The molecule has 1 saturated heterocycles. The van der Waals surface area contributed by atoms with Crippen molar-refractivity contribution in [3.63, 3.8) is 0 Å². The van der Waals surface area contributed by atoms with E-state index in [-0.39, 0.29) is 11.3 Å². The third-order valence-corrected chi connectivity index (χ3v) is 4.38. The van der Waals surface area contributed by atoms with E-state index in [1.54, 1.807) is 12.1 Å². The summed E-state index contributed by atoms with van der Waals surface area (Å²) in [6.45, 7) is 1.89. The van der Waals surface area contributed by atoms with Crippen LogP contribution in [0.3, 0.4) is 0 Å². The molecule has 1 aromatic carbocycles. The third-order valence-electron chi connectivity index (χ3n) is 3.89. The van der Waals surface area contributed by atoms with Crippen molar-refractivity contribution < 1.29 is 9.18 Å². The van der Waals surface area contributed by atoms with Gasteiger partial charge in [0.2, 0.25) is 5.78 Å². The number of ketones is 1. The fourth-order valence-electron chi connectivity index (χ4n) is 2.80. The van der Waals surface area contributed by atoms with Crippen LogP contribution >= 0.6 is 15.9 Å². The minimum atomic E-state index is -0.485. The van der Waals surface area contributed by atoms with Crippen LogP contribution in [0.4, 0.5) is 4.39 Å². The lowest BCUT2D eigenvalue weighted by Crippen LogP contribution is -2.30. The van der Waals surface area contributed by atoms with Gasteiger partial charge in [-0.1, -0.05) is 15.9 Å². The number of aromatic nitrogens is 1. The average Bonchev–Trinajstić information content (AvgIpc) is 2.99. The molecular weight excluding hydrogens is 335 g/mol. The van der Waals surface area contributed by atoms with E-state index in [1.165, 1.54) is 12.1 Å². The van der Waals surface area contributed by atoms with Gasteiger partial charge in [-0.15, -0.1) is 0 Å². The van der Waals surface area contributed by atoms with Crippen LogP contribution in [0, 0.1) is 5.82 Å². The molecule has 5 heteroatoms. The van der Waals surface area contributed by atoms with Crippen molar-refractivity contribution in [1.29, 1.82) is 0 Å². The molecule has 0 unspecified atom stereocenters. The Morgan fingerprint density at radius 1 is 1.29 bits per heavy atom. The summed E-state index contributed by atoms with van der Waals surface area (Å²) >= 11 is 3.29. The van der Waals surface area contributed by atoms with Crippen LogP contribution in [0.1, 0.15) is 34.9 Å². The molecule has 1 fully saturated rings. The fraction of sp³-hybridized carbons (Fsp3) is 0.312. The Labute approximate surface area is 131 Å². The number of piperidine rings is 1. The Morgan fingerprint density at radius 2 is 2.05 bits per heavy atom. The van der Waals surface area contributed by atoms with Crippen molar-refractivity contribution in [3.8, 4) is 0 Å². The van der Waals surface area contributed by atoms with Gasteiger partial charge in [0.1, 0.15) is 5.82 Å². The summed E-state index contributed by atoms with van der Waals surface area (Å²) in [5, 5.41) is 3.31. The van der Waals surface area contributed by atoms with Crippen molar-refractivity contribution in [1.82, 2.24) is 9.88 Å². The molecule has 2 aromatic rings. The van der Waals surface area contributed by atoms with Gasteiger partial charge in [0, 0.05) is 16.7 Å². The second-order valence-corrected chi connectivity index (χ2v) is 6.15. The standard InChI is InChI=1S/C16H16BrFN2O/c17-11-3-4-14(18)13(10-11)16(21)15-2-1-9-20(15)12-5-7-19-8-6-12/h1-4,9-10,12,19H,5-8H2. The zero-order chi connectivity index (χ0) is 14.8. The van der Waals surface area contributed by atoms with E-state index in [0.29, 0.717) is 16.2 Å². The lowest BCUT2D eigenvalue weighted by atomic mass is 10.0. The summed E-state index contributed by atoms with van der Waals surface area (Å²) in [4.78, 5) is 12.6. The van der Waals surface area contributed by atoms with E-state index in [2.05, 4.69) is 21.2 Å². The van der Waals surface area contributed by atoms with Crippen LogP contribution in [0.2, 0.25) is 0 Å². The summed E-state index contributed by atoms with van der Waals surface area (Å²) in [5.41, 5.74) is 0.664. The molecule has 21 heavy (non-hydrogen) atoms. The van der Waals surface area contributed by atoms with Gasteiger partial charge in [-0.3, -0.25) is 4.79 Å². The number of carbonyl (C=O) groups is 1. The summed E-state index contributed by atoms with van der Waals surface area (Å²) in [7, 11) is 0. The van der Waals surface area contributed by atoms with E-state index >= 15 is 0 Å². The van der Waals surface area contributed by atoms with Crippen LogP contribution in [0.15, 0.2) is 41.0 Å². The lowest BCUT2D eigenvalue weighted by Gasteiger charge is -2.26. The van der Waals surface area contributed by atoms with E-state index in [4.69, 9.17) is 0 Å². The van der Waals surface area contributed by atoms with Crippen molar-refractivity contribution in [2.75, 3.05) is 13.1 Å². The van der Waals surface area contributed by atoms with Gasteiger partial charge in [0.15, 0.2) is 0 Å². The van der Waals surface area contributed by atoms with Crippen molar-refractivity contribution in [3.05, 3.63) is 58.1 Å². The summed E-state index contributed by atoms with van der Waals surface area (Å²) in [6.07, 6.45) is 3.88. The lowest BCUT2D eigenvalue weighted by molar-refractivity contribution is 0.102. The first kappa shape index (κ1) is 14.5. The van der Waals surface area contributed by atoms with Gasteiger partial charge < -0.3 is 9.88 Å². The van der Waals surface area contributed by atoms with Crippen LogP contribution in [0.5, 0.6) is 0 Å². The Kier molecular flexibility index (Phi) is 4.22. The Balaban J connectivity index is 1.95. The fourth-order valence-corrected chi connectivity index (χ4v) is 3.16. The molecule has 1 aliphatic rings. The molecule has 3 nitrogen and oxygen atoms in total. The molecule has 1 aromatic heterocycles. The monoisotopic (exact) mass is 350 g/mol. The molecule has 1 aliphatic heterocycles. The largest absolute Gasteiger partial charge is 0.342 e. The van der Waals surface area contributed by atoms with Crippen LogP contribution in [-0.2, 0) is 0 Å². The number of hydrogen-bond acceptors (Lipinski definition) is 2. The zero-order valence-electron chi connectivity index (χ0n) is 11.5. The number of nitrogens with zero attached hydrogens (tertiary/aromatic N) is 1. The molecule has 2 heterocycles. The van der Waals surface area contributed by atoms with Crippen LogP contribution in [0.25, 0.3) is 0 Å². The first-order chi connectivity index (χ1) is 10.2. The minimum absolute atomic E-state index is 0.109. The minimum Gasteiger partial charge on any atom is -0.342 e. The molecule has 1 N–H and O–H groups in total. The molecular formula is C16H16BrFN2O. The quantitative estimate of drug-likeness (QED) is 0.859. The second-order valence-electron chi connectivity index (χ2n) is 5.24. The van der Waals surface area contributed by atoms with Crippen LogP contribution < -0.4 is 5.32 Å².